The third-order valence-corrected chi connectivity index (χ3v) is 3.28. The van der Waals surface area contributed by atoms with Crippen LogP contribution in [0.2, 0.25) is 0 Å². The zero-order valence-corrected chi connectivity index (χ0v) is 8.90. The minimum Gasteiger partial charge on any atom is -0.393 e. The number of hydrogen-bond donors (Lipinski definition) is 1. The van der Waals surface area contributed by atoms with Gasteiger partial charge < -0.3 is 5.11 Å². The van der Waals surface area contributed by atoms with Crippen LogP contribution in [0.25, 0.3) is 0 Å². The fourth-order valence-corrected chi connectivity index (χ4v) is 2.13. The fourth-order valence-electron chi connectivity index (χ4n) is 2.13. The van der Waals surface area contributed by atoms with Crippen molar-refractivity contribution >= 4 is 0 Å². The van der Waals surface area contributed by atoms with E-state index in [-0.39, 0.29) is 6.10 Å². The van der Waals surface area contributed by atoms with Crippen LogP contribution < -0.4 is 0 Å². The van der Waals surface area contributed by atoms with E-state index in [2.05, 4.69) is 31.2 Å². The minimum atomic E-state index is -0.147. The van der Waals surface area contributed by atoms with Gasteiger partial charge in [0, 0.05) is 0 Å². The first kappa shape index (κ1) is 9.72. The number of aliphatic hydroxyl groups is 1. The molecule has 76 valence electrons. The van der Waals surface area contributed by atoms with Crippen molar-refractivity contribution in [3.63, 3.8) is 0 Å². The smallest absolute Gasteiger partial charge is 0.0546 e. The van der Waals surface area contributed by atoms with E-state index in [0.717, 1.165) is 12.8 Å². The van der Waals surface area contributed by atoms with Crippen molar-refractivity contribution < 1.29 is 5.11 Å². The van der Waals surface area contributed by atoms with Crippen molar-refractivity contribution in [2.75, 3.05) is 0 Å². The molecule has 1 fully saturated rings. The second kappa shape index (κ2) is 3.74. The summed E-state index contributed by atoms with van der Waals surface area (Å²) in [6.07, 6.45) is 2.11. The van der Waals surface area contributed by atoms with E-state index in [9.17, 15) is 5.11 Å². The lowest BCUT2D eigenvalue weighted by Crippen LogP contribution is -2.03. The zero-order chi connectivity index (χ0) is 10.1. The first-order valence-corrected chi connectivity index (χ1v) is 5.49. The van der Waals surface area contributed by atoms with Crippen LogP contribution in [0.1, 0.15) is 37.3 Å². The van der Waals surface area contributed by atoms with Crippen LogP contribution in [0.3, 0.4) is 0 Å². The molecule has 0 saturated heterocycles. The lowest BCUT2D eigenvalue weighted by Gasteiger charge is -2.04. The number of hydrogen-bond acceptors (Lipinski definition) is 1. The molecule has 0 amide bonds. The molecule has 1 aromatic carbocycles. The molecular formula is C13H18O. The quantitative estimate of drug-likeness (QED) is 0.777. The molecule has 1 saturated carbocycles. The molecule has 1 nitrogen and oxygen atoms in total. The highest BCUT2D eigenvalue weighted by Gasteiger charge is 2.41. The largest absolute Gasteiger partial charge is 0.393 e. The van der Waals surface area contributed by atoms with Crippen LogP contribution in [0.15, 0.2) is 24.3 Å². The molecule has 0 radical (unpaired) electrons. The van der Waals surface area contributed by atoms with Crippen molar-refractivity contribution in [3.8, 4) is 0 Å². The highest BCUT2D eigenvalue weighted by molar-refractivity contribution is 5.29. The minimum absolute atomic E-state index is 0.147. The summed E-state index contributed by atoms with van der Waals surface area (Å²) in [7, 11) is 0. The molecular weight excluding hydrogens is 172 g/mol. The van der Waals surface area contributed by atoms with Gasteiger partial charge in [-0.1, -0.05) is 31.2 Å². The molecule has 0 heterocycles. The Morgan fingerprint density at radius 1 is 1.36 bits per heavy atom. The molecule has 0 unspecified atom stereocenters. The summed E-state index contributed by atoms with van der Waals surface area (Å²) < 4.78 is 0. The molecule has 0 aliphatic heterocycles. The van der Waals surface area contributed by atoms with Crippen molar-refractivity contribution in [2.45, 2.75) is 38.7 Å². The number of benzene rings is 1. The van der Waals surface area contributed by atoms with Gasteiger partial charge in [0.15, 0.2) is 0 Å². The van der Waals surface area contributed by atoms with Crippen LogP contribution in [-0.2, 0) is 6.42 Å². The average Bonchev–Trinajstić information content (AvgIpc) is 2.97. The summed E-state index contributed by atoms with van der Waals surface area (Å²) in [5.41, 5.74) is 2.79. The van der Waals surface area contributed by atoms with Gasteiger partial charge in [-0.2, -0.15) is 0 Å². The molecule has 3 atom stereocenters. The van der Waals surface area contributed by atoms with Gasteiger partial charge in [0.1, 0.15) is 0 Å². The van der Waals surface area contributed by atoms with Gasteiger partial charge in [0.05, 0.1) is 6.10 Å². The topological polar surface area (TPSA) is 20.2 Å². The molecule has 0 bridgehead atoms. The summed E-state index contributed by atoms with van der Waals surface area (Å²) in [6.45, 7) is 4.07. The average molecular weight is 190 g/mol. The molecule has 0 aromatic heterocycles. The lowest BCUT2D eigenvalue weighted by atomic mass is 10.0. The predicted octanol–water partition coefficient (Wildman–Crippen LogP) is 2.73. The number of rotatable bonds is 3. The molecule has 0 spiro atoms. The van der Waals surface area contributed by atoms with Gasteiger partial charge in [-0.05, 0) is 42.7 Å². The maximum absolute atomic E-state index is 9.42. The van der Waals surface area contributed by atoms with Crippen molar-refractivity contribution in [1.29, 1.82) is 0 Å². The van der Waals surface area contributed by atoms with Crippen LogP contribution in [-0.4, -0.2) is 11.2 Å². The predicted molar refractivity (Wildman–Crippen MR) is 58.3 cm³/mol. The standard InChI is InChI=1S/C13H18O/c1-3-10-4-6-11(7-5-10)13-8-12(13)9(2)14/h4-7,9,12-14H,3,8H2,1-2H3/t9-,12-,13-/m0/s1. The lowest BCUT2D eigenvalue weighted by molar-refractivity contribution is 0.169. The van der Waals surface area contributed by atoms with Crippen LogP contribution in [0.4, 0.5) is 0 Å². The van der Waals surface area contributed by atoms with Gasteiger partial charge in [0.2, 0.25) is 0 Å². The Balaban J connectivity index is 2.05. The van der Waals surface area contributed by atoms with E-state index < -0.39 is 0 Å². The highest BCUT2D eigenvalue weighted by atomic mass is 16.3. The van der Waals surface area contributed by atoms with E-state index in [1.807, 2.05) is 6.92 Å². The van der Waals surface area contributed by atoms with E-state index in [1.54, 1.807) is 0 Å². The summed E-state index contributed by atoms with van der Waals surface area (Å²) in [5.74, 6) is 1.11. The Kier molecular flexibility index (Phi) is 2.60. The first-order valence-electron chi connectivity index (χ1n) is 5.49. The second-order valence-corrected chi connectivity index (χ2v) is 4.34. The van der Waals surface area contributed by atoms with E-state index in [1.165, 1.54) is 11.1 Å². The Morgan fingerprint density at radius 3 is 2.43 bits per heavy atom. The third kappa shape index (κ3) is 1.83. The van der Waals surface area contributed by atoms with Gasteiger partial charge in [0.25, 0.3) is 0 Å². The fraction of sp³-hybridized carbons (Fsp3) is 0.538. The zero-order valence-electron chi connectivity index (χ0n) is 8.90. The molecule has 1 aliphatic carbocycles. The highest BCUT2D eigenvalue weighted by Crippen LogP contribution is 2.49. The van der Waals surface area contributed by atoms with Gasteiger partial charge in [-0.15, -0.1) is 0 Å². The molecule has 2 rings (SSSR count). The van der Waals surface area contributed by atoms with E-state index >= 15 is 0 Å². The Hall–Kier alpha value is -0.820. The maximum Gasteiger partial charge on any atom is 0.0546 e. The summed E-state index contributed by atoms with van der Waals surface area (Å²) in [5, 5.41) is 9.42. The monoisotopic (exact) mass is 190 g/mol. The van der Waals surface area contributed by atoms with E-state index in [0.29, 0.717) is 11.8 Å². The van der Waals surface area contributed by atoms with E-state index in [4.69, 9.17) is 0 Å². The second-order valence-electron chi connectivity index (χ2n) is 4.34. The van der Waals surface area contributed by atoms with Gasteiger partial charge in [-0.25, -0.2) is 0 Å². The molecule has 1 aliphatic rings. The van der Waals surface area contributed by atoms with Crippen molar-refractivity contribution in [1.82, 2.24) is 0 Å². The Bertz CT molecular complexity index is 300. The summed E-state index contributed by atoms with van der Waals surface area (Å²) >= 11 is 0. The Labute approximate surface area is 85.8 Å². The third-order valence-electron chi connectivity index (χ3n) is 3.28. The van der Waals surface area contributed by atoms with Gasteiger partial charge >= 0.3 is 0 Å². The van der Waals surface area contributed by atoms with Crippen molar-refractivity contribution in [3.05, 3.63) is 35.4 Å². The molecule has 1 N–H and O–H groups in total. The van der Waals surface area contributed by atoms with Crippen molar-refractivity contribution in [2.24, 2.45) is 5.92 Å². The van der Waals surface area contributed by atoms with Gasteiger partial charge in [-0.3, -0.25) is 0 Å². The summed E-state index contributed by atoms with van der Waals surface area (Å²) in [4.78, 5) is 0. The van der Waals surface area contributed by atoms with Crippen LogP contribution in [0.5, 0.6) is 0 Å². The molecule has 1 aromatic rings. The summed E-state index contributed by atoms with van der Waals surface area (Å²) in [6, 6.07) is 8.83. The van der Waals surface area contributed by atoms with Crippen LogP contribution >= 0.6 is 0 Å². The SMILES string of the molecule is CCc1ccc([C@@H]2C[C@H]2[C@H](C)O)cc1. The number of aliphatic hydroxyl groups excluding tert-OH is 1. The first-order chi connectivity index (χ1) is 6.72. The maximum atomic E-state index is 9.42. The Morgan fingerprint density at radius 2 is 2.00 bits per heavy atom. The molecule has 1 heteroatoms. The number of aryl methyl sites for hydroxylation is 1. The van der Waals surface area contributed by atoms with Crippen LogP contribution in [0, 0.1) is 5.92 Å². The molecule has 14 heavy (non-hydrogen) atoms. The normalized spacial score (nSPS) is 27.4.